The molecule has 4 aromatic carbocycles. The van der Waals surface area contributed by atoms with Gasteiger partial charge >= 0.3 is 0 Å². The van der Waals surface area contributed by atoms with Crippen molar-refractivity contribution in [2.24, 2.45) is 5.92 Å². The third kappa shape index (κ3) is 7.17. The number of ether oxygens (including phenoxy) is 4. The molecule has 0 amide bonds. The maximum atomic E-state index is 6.82. The number of rotatable bonds is 11. The Balaban J connectivity index is 1.22. The SMILES string of the molecule is COc1ccc(CNc2ccc3c(c2)C(OCCC2CCCCC2)C(OCc2ccc4ccccc4c2)C(C)(C)O3)cc1. The summed E-state index contributed by atoms with van der Waals surface area (Å²) in [7, 11) is 1.69. The summed E-state index contributed by atoms with van der Waals surface area (Å²) in [4.78, 5) is 0. The standard InChI is InChI=1S/C38H45NO4/c1-38(2)37(42-26-29-13-16-30-11-7-8-12-31(30)23-29)36(41-22-21-27-9-5-4-6-10-27)34-24-32(17-20-35(34)43-38)39-25-28-14-18-33(40-3)19-15-28/h7-8,11-20,23-24,27,36-37,39H,4-6,9-10,21-22,25-26H2,1-3H3. The number of hydrogen-bond acceptors (Lipinski definition) is 5. The molecule has 1 N–H and O–H groups in total. The molecule has 6 rings (SSSR count). The second-order valence-electron chi connectivity index (χ2n) is 12.7. The Bertz CT molecular complexity index is 1490. The van der Waals surface area contributed by atoms with Gasteiger partial charge in [-0.05, 0) is 84.5 Å². The molecule has 226 valence electrons. The number of hydrogen-bond donors (Lipinski definition) is 1. The van der Waals surface area contributed by atoms with Crippen LogP contribution in [0.15, 0.2) is 84.9 Å². The van der Waals surface area contributed by atoms with Gasteiger partial charge in [0.2, 0.25) is 0 Å². The van der Waals surface area contributed by atoms with Gasteiger partial charge in [0, 0.05) is 24.4 Å². The van der Waals surface area contributed by atoms with Gasteiger partial charge in [-0.15, -0.1) is 0 Å². The van der Waals surface area contributed by atoms with Crippen LogP contribution in [0.25, 0.3) is 10.8 Å². The smallest absolute Gasteiger partial charge is 0.132 e. The molecule has 0 spiro atoms. The molecule has 1 heterocycles. The highest BCUT2D eigenvalue weighted by Gasteiger charge is 2.45. The molecule has 5 nitrogen and oxygen atoms in total. The molecule has 1 fully saturated rings. The Kier molecular flexibility index (Phi) is 9.20. The zero-order chi connectivity index (χ0) is 29.6. The Morgan fingerprint density at radius 3 is 2.37 bits per heavy atom. The van der Waals surface area contributed by atoms with E-state index < -0.39 is 5.60 Å². The van der Waals surface area contributed by atoms with Crippen molar-refractivity contribution >= 4 is 16.5 Å². The van der Waals surface area contributed by atoms with E-state index in [1.807, 2.05) is 12.1 Å². The van der Waals surface area contributed by atoms with Crippen molar-refractivity contribution in [2.45, 2.75) is 83.3 Å². The molecule has 0 aromatic heterocycles. The van der Waals surface area contributed by atoms with E-state index >= 15 is 0 Å². The van der Waals surface area contributed by atoms with E-state index in [2.05, 4.69) is 92.0 Å². The van der Waals surface area contributed by atoms with Crippen LogP contribution in [0.2, 0.25) is 0 Å². The largest absolute Gasteiger partial charge is 0.497 e. The highest BCUT2D eigenvalue weighted by atomic mass is 16.6. The molecule has 0 saturated heterocycles. The monoisotopic (exact) mass is 579 g/mol. The molecule has 2 aliphatic rings. The molecule has 2 atom stereocenters. The molecule has 1 saturated carbocycles. The lowest BCUT2D eigenvalue weighted by molar-refractivity contribution is -0.168. The first-order valence-corrected chi connectivity index (χ1v) is 15.9. The third-order valence-electron chi connectivity index (χ3n) is 9.10. The first-order chi connectivity index (χ1) is 21.0. The lowest BCUT2D eigenvalue weighted by Crippen LogP contribution is -2.51. The Hall–Kier alpha value is -3.54. The van der Waals surface area contributed by atoms with Gasteiger partial charge in [-0.1, -0.05) is 80.6 Å². The summed E-state index contributed by atoms with van der Waals surface area (Å²) in [5, 5.41) is 6.05. The lowest BCUT2D eigenvalue weighted by atomic mass is 9.86. The maximum absolute atomic E-state index is 6.82. The summed E-state index contributed by atoms with van der Waals surface area (Å²) < 4.78 is 25.5. The van der Waals surface area contributed by atoms with Crippen LogP contribution in [0.3, 0.4) is 0 Å². The molecule has 2 unspecified atom stereocenters. The summed E-state index contributed by atoms with van der Waals surface area (Å²) in [6, 6.07) is 29.5. The summed E-state index contributed by atoms with van der Waals surface area (Å²) >= 11 is 0. The van der Waals surface area contributed by atoms with Crippen molar-refractivity contribution in [2.75, 3.05) is 19.0 Å². The molecule has 4 aromatic rings. The van der Waals surface area contributed by atoms with Crippen LogP contribution >= 0.6 is 0 Å². The van der Waals surface area contributed by atoms with Gasteiger partial charge in [0.15, 0.2) is 0 Å². The molecule has 1 aliphatic carbocycles. The minimum atomic E-state index is -0.558. The first-order valence-electron chi connectivity index (χ1n) is 15.9. The minimum Gasteiger partial charge on any atom is -0.497 e. The van der Waals surface area contributed by atoms with Crippen molar-refractivity contribution in [3.63, 3.8) is 0 Å². The van der Waals surface area contributed by atoms with Crippen molar-refractivity contribution in [1.82, 2.24) is 0 Å². The fourth-order valence-electron chi connectivity index (χ4n) is 6.61. The Labute approximate surface area is 256 Å². The minimum absolute atomic E-state index is 0.231. The van der Waals surface area contributed by atoms with Crippen LogP contribution in [-0.4, -0.2) is 25.4 Å². The van der Waals surface area contributed by atoms with Gasteiger partial charge in [-0.3, -0.25) is 0 Å². The quantitative estimate of drug-likeness (QED) is 0.192. The second kappa shape index (κ2) is 13.4. The molecule has 1 aliphatic heterocycles. The zero-order valence-corrected chi connectivity index (χ0v) is 25.8. The predicted octanol–water partition coefficient (Wildman–Crippen LogP) is 9.25. The van der Waals surface area contributed by atoms with Crippen molar-refractivity contribution in [3.05, 3.63) is 102 Å². The molecule has 0 radical (unpaired) electrons. The van der Waals surface area contributed by atoms with Crippen molar-refractivity contribution in [3.8, 4) is 11.5 Å². The van der Waals surface area contributed by atoms with Gasteiger partial charge in [-0.25, -0.2) is 0 Å². The number of methoxy groups -OCH3 is 1. The van der Waals surface area contributed by atoms with E-state index in [0.29, 0.717) is 13.2 Å². The molecule has 43 heavy (non-hydrogen) atoms. The van der Waals surface area contributed by atoms with Crippen molar-refractivity contribution in [1.29, 1.82) is 0 Å². The van der Waals surface area contributed by atoms with Gasteiger partial charge in [0.05, 0.1) is 13.7 Å². The normalized spacial score (nSPS) is 19.9. The topological polar surface area (TPSA) is 49.0 Å². The average Bonchev–Trinajstić information content (AvgIpc) is 3.03. The van der Waals surface area contributed by atoms with Crippen LogP contribution in [0.5, 0.6) is 11.5 Å². The summed E-state index contributed by atoms with van der Waals surface area (Å²) in [6.45, 7) is 6.17. The van der Waals surface area contributed by atoms with Gasteiger partial charge in [0.25, 0.3) is 0 Å². The summed E-state index contributed by atoms with van der Waals surface area (Å²) in [5.41, 5.74) is 3.86. The van der Waals surface area contributed by atoms with Crippen LogP contribution in [0.1, 0.15) is 75.2 Å². The maximum Gasteiger partial charge on any atom is 0.132 e. The van der Waals surface area contributed by atoms with E-state index in [-0.39, 0.29) is 12.2 Å². The van der Waals surface area contributed by atoms with Gasteiger partial charge < -0.3 is 24.3 Å². The van der Waals surface area contributed by atoms with Crippen molar-refractivity contribution < 1.29 is 18.9 Å². The van der Waals surface area contributed by atoms with Crippen LogP contribution in [0, 0.1) is 5.92 Å². The number of benzene rings is 4. The number of nitrogens with one attached hydrogen (secondary N) is 1. The lowest BCUT2D eigenvalue weighted by Gasteiger charge is -2.44. The van der Waals surface area contributed by atoms with Crippen LogP contribution in [-0.2, 0) is 22.6 Å². The van der Waals surface area contributed by atoms with E-state index in [1.165, 1.54) is 48.4 Å². The predicted molar refractivity (Wildman–Crippen MR) is 174 cm³/mol. The number of anilines is 1. The van der Waals surface area contributed by atoms with E-state index in [4.69, 9.17) is 18.9 Å². The summed E-state index contributed by atoms with van der Waals surface area (Å²) in [6.07, 6.45) is 7.30. The third-order valence-corrected chi connectivity index (χ3v) is 9.10. The van der Waals surface area contributed by atoms with Crippen LogP contribution < -0.4 is 14.8 Å². The average molecular weight is 580 g/mol. The van der Waals surface area contributed by atoms with Gasteiger partial charge in [-0.2, -0.15) is 0 Å². The number of fused-ring (bicyclic) bond motifs is 2. The second-order valence-corrected chi connectivity index (χ2v) is 12.7. The summed E-state index contributed by atoms with van der Waals surface area (Å²) in [5.74, 6) is 2.49. The van der Waals surface area contributed by atoms with Gasteiger partial charge in [0.1, 0.15) is 29.3 Å². The zero-order valence-electron chi connectivity index (χ0n) is 25.8. The van der Waals surface area contributed by atoms with Crippen LogP contribution in [0.4, 0.5) is 5.69 Å². The molecule has 5 heteroatoms. The van der Waals surface area contributed by atoms with E-state index in [9.17, 15) is 0 Å². The highest BCUT2D eigenvalue weighted by molar-refractivity contribution is 5.82. The van der Waals surface area contributed by atoms with E-state index in [0.717, 1.165) is 47.3 Å². The molecular weight excluding hydrogens is 534 g/mol. The first kappa shape index (κ1) is 29.5. The fourth-order valence-corrected chi connectivity index (χ4v) is 6.61. The fraction of sp³-hybridized carbons (Fsp3) is 0.421. The molecular formula is C38H45NO4. The Morgan fingerprint density at radius 1 is 0.814 bits per heavy atom. The van der Waals surface area contributed by atoms with E-state index in [1.54, 1.807) is 7.11 Å². The highest BCUT2D eigenvalue weighted by Crippen LogP contribution is 2.45. The molecule has 0 bridgehead atoms. The Morgan fingerprint density at radius 2 is 1.58 bits per heavy atom.